The summed E-state index contributed by atoms with van der Waals surface area (Å²) in [5.74, 6) is 0.779. The van der Waals surface area contributed by atoms with Crippen LogP contribution in [0.1, 0.15) is 30.4 Å². The molecular weight excluding hydrogens is 367 g/mol. The molecular formula is C19H29FN4O2S. The molecule has 1 aliphatic heterocycles. The zero-order valence-corrected chi connectivity index (χ0v) is 16.9. The Bertz CT molecular complexity index is 793. The van der Waals surface area contributed by atoms with Gasteiger partial charge in [-0.2, -0.15) is 0 Å². The van der Waals surface area contributed by atoms with Crippen LogP contribution in [0.5, 0.6) is 0 Å². The zero-order valence-electron chi connectivity index (χ0n) is 16.0. The summed E-state index contributed by atoms with van der Waals surface area (Å²) in [7, 11) is -1.49. The molecule has 1 aliphatic carbocycles. The van der Waals surface area contributed by atoms with Gasteiger partial charge in [0.05, 0.1) is 5.75 Å². The number of halogens is 1. The van der Waals surface area contributed by atoms with Crippen LogP contribution in [0.3, 0.4) is 0 Å². The van der Waals surface area contributed by atoms with E-state index in [1.54, 1.807) is 7.05 Å². The lowest BCUT2D eigenvalue weighted by Crippen LogP contribution is -2.40. The Morgan fingerprint density at radius 2 is 2.04 bits per heavy atom. The third kappa shape index (κ3) is 6.17. The molecule has 27 heavy (non-hydrogen) atoms. The number of sulfone groups is 1. The first-order valence-corrected chi connectivity index (χ1v) is 11.5. The standard InChI is InChI=1S/C19H29FN4O2S/c1-21-19(22-10-14-7-8-24(12-14)18-5-6-18)23-11-16-9-17(20)4-3-15(16)13-27(2,25)26/h3-4,9,14,18H,5-8,10-13H2,1-2H3,(H2,21,22,23). The van der Waals surface area contributed by atoms with Crippen LogP contribution in [0.25, 0.3) is 0 Å². The van der Waals surface area contributed by atoms with Gasteiger partial charge >= 0.3 is 0 Å². The van der Waals surface area contributed by atoms with Crippen molar-refractivity contribution in [1.82, 2.24) is 15.5 Å². The lowest BCUT2D eigenvalue weighted by atomic mass is 10.1. The van der Waals surface area contributed by atoms with Gasteiger partial charge < -0.3 is 15.5 Å². The molecule has 0 radical (unpaired) electrons. The summed E-state index contributed by atoms with van der Waals surface area (Å²) in [6.45, 7) is 3.49. The van der Waals surface area contributed by atoms with E-state index >= 15 is 0 Å². The van der Waals surface area contributed by atoms with Crippen molar-refractivity contribution in [3.8, 4) is 0 Å². The maximum absolute atomic E-state index is 13.6. The van der Waals surface area contributed by atoms with E-state index in [0.29, 0.717) is 29.5 Å². The Hall–Kier alpha value is -1.67. The molecule has 1 atom stereocenters. The van der Waals surface area contributed by atoms with E-state index in [4.69, 9.17) is 0 Å². The predicted molar refractivity (Wildman–Crippen MR) is 106 cm³/mol. The molecule has 1 aromatic carbocycles. The van der Waals surface area contributed by atoms with E-state index in [1.165, 1.54) is 50.3 Å². The minimum absolute atomic E-state index is 0.102. The van der Waals surface area contributed by atoms with E-state index in [1.807, 2.05) is 0 Å². The quantitative estimate of drug-likeness (QED) is 0.540. The van der Waals surface area contributed by atoms with Crippen LogP contribution in [0.4, 0.5) is 4.39 Å². The van der Waals surface area contributed by atoms with E-state index < -0.39 is 9.84 Å². The summed E-state index contributed by atoms with van der Waals surface area (Å²) in [6, 6.07) is 5.02. The summed E-state index contributed by atoms with van der Waals surface area (Å²) in [6.07, 6.45) is 5.06. The highest BCUT2D eigenvalue weighted by Crippen LogP contribution is 2.31. The van der Waals surface area contributed by atoms with Crippen molar-refractivity contribution in [2.45, 2.75) is 37.6 Å². The van der Waals surface area contributed by atoms with Gasteiger partial charge in [0.2, 0.25) is 0 Å². The van der Waals surface area contributed by atoms with E-state index in [0.717, 1.165) is 19.1 Å². The molecule has 1 aromatic rings. The van der Waals surface area contributed by atoms with Crippen LogP contribution < -0.4 is 10.6 Å². The molecule has 0 amide bonds. The number of nitrogens with zero attached hydrogens (tertiary/aromatic N) is 2. The minimum atomic E-state index is -3.19. The fourth-order valence-corrected chi connectivity index (χ4v) is 4.47. The second-order valence-corrected chi connectivity index (χ2v) is 9.81. The second kappa shape index (κ2) is 8.56. The van der Waals surface area contributed by atoms with Crippen molar-refractivity contribution in [2.75, 3.05) is 32.9 Å². The first kappa shape index (κ1) is 20.1. The smallest absolute Gasteiger partial charge is 0.191 e. The lowest BCUT2D eigenvalue weighted by Gasteiger charge is -2.17. The first-order valence-electron chi connectivity index (χ1n) is 9.47. The third-order valence-corrected chi connectivity index (χ3v) is 6.03. The Morgan fingerprint density at radius 3 is 2.70 bits per heavy atom. The molecule has 1 unspecified atom stereocenters. The van der Waals surface area contributed by atoms with Gasteiger partial charge in [0.1, 0.15) is 5.82 Å². The van der Waals surface area contributed by atoms with Crippen molar-refractivity contribution in [3.63, 3.8) is 0 Å². The maximum Gasteiger partial charge on any atom is 0.191 e. The second-order valence-electron chi connectivity index (χ2n) is 7.67. The molecule has 6 nitrogen and oxygen atoms in total. The number of hydrogen-bond donors (Lipinski definition) is 2. The Balaban J connectivity index is 1.52. The van der Waals surface area contributed by atoms with Crippen molar-refractivity contribution >= 4 is 15.8 Å². The SMILES string of the molecule is CN=C(NCc1cc(F)ccc1CS(C)(=O)=O)NCC1CCN(C2CC2)C1. The summed E-state index contributed by atoms with van der Waals surface area (Å²) in [4.78, 5) is 6.80. The molecule has 0 aromatic heterocycles. The van der Waals surface area contributed by atoms with Gasteiger partial charge in [-0.15, -0.1) is 0 Å². The largest absolute Gasteiger partial charge is 0.356 e. The van der Waals surface area contributed by atoms with Gasteiger partial charge in [-0.3, -0.25) is 4.99 Å². The summed E-state index contributed by atoms with van der Waals surface area (Å²) >= 11 is 0. The Kier molecular flexibility index (Phi) is 6.37. The number of likely N-dealkylation sites (tertiary alicyclic amines) is 1. The third-order valence-electron chi connectivity index (χ3n) is 5.19. The molecule has 150 valence electrons. The average Bonchev–Trinajstić information content (AvgIpc) is 3.35. The first-order chi connectivity index (χ1) is 12.8. The lowest BCUT2D eigenvalue weighted by molar-refractivity contribution is 0.314. The number of benzene rings is 1. The van der Waals surface area contributed by atoms with Crippen LogP contribution in [0, 0.1) is 11.7 Å². The normalized spacial score (nSPS) is 21.4. The monoisotopic (exact) mass is 396 g/mol. The predicted octanol–water partition coefficient (Wildman–Crippen LogP) is 1.52. The van der Waals surface area contributed by atoms with Crippen molar-refractivity contribution < 1.29 is 12.8 Å². The van der Waals surface area contributed by atoms with Gasteiger partial charge in [-0.05, 0) is 55.0 Å². The van der Waals surface area contributed by atoms with Crippen molar-refractivity contribution in [3.05, 3.63) is 35.1 Å². The van der Waals surface area contributed by atoms with Gasteiger partial charge in [0.25, 0.3) is 0 Å². The molecule has 1 saturated heterocycles. The van der Waals surface area contributed by atoms with Crippen molar-refractivity contribution in [2.24, 2.45) is 10.9 Å². The van der Waals surface area contributed by atoms with Gasteiger partial charge in [0.15, 0.2) is 15.8 Å². The zero-order chi connectivity index (χ0) is 19.4. The molecule has 2 fully saturated rings. The maximum atomic E-state index is 13.6. The Labute approximate surface area is 161 Å². The molecule has 0 bridgehead atoms. The Morgan fingerprint density at radius 1 is 1.26 bits per heavy atom. The minimum Gasteiger partial charge on any atom is -0.356 e. The van der Waals surface area contributed by atoms with Crippen LogP contribution in [-0.4, -0.2) is 58.3 Å². The van der Waals surface area contributed by atoms with Crippen LogP contribution in [0.2, 0.25) is 0 Å². The molecule has 0 spiro atoms. The molecule has 2 aliphatic rings. The van der Waals surface area contributed by atoms with Crippen LogP contribution in [-0.2, 0) is 22.1 Å². The van der Waals surface area contributed by atoms with Gasteiger partial charge in [-0.25, -0.2) is 12.8 Å². The number of aliphatic imine (C=N–C) groups is 1. The number of rotatable bonds is 7. The highest BCUT2D eigenvalue weighted by Gasteiger charge is 2.34. The molecule has 1 saturated carbocycles. The average molecular weight is 397 g/mol. The summed E-state index contributed by atoms with van der Waals surface area (Å²) in [5, 5.41) is 6.52. The number of guanidine groups is 1. The highest BCUT2D eigenvalue weighted by atomic mass is 32.2. The fourth-order valence-electron chi connectivity index (χ4n) is 3.62. The molecule has 1 heterocycles. The van der Waals surface area contributed by atoms with E-state index in [9.17, 15) is 12.8 Å². The van der Waals surface area contributed by atoms with Crippen molar-refractivity contribution in [1.29, 1.82) is 0 Å². The van der Waals surface area contributed by atoms with Crippen LogP contribution in [0.15, 0.2) is 23.2 Å². The molecule has 2 N–H and O–H groups in total. The van der Waals surface area contributed by atoms with Gasteiger partial charge in [-0.1, -0.05) is 6.07 Å². The summed E-state index contributed by atoms with van der Waals surface area (Å²) in [5.41, 5.74) is 1.24. The van der Waals surface area contributed by atoms with E-state index in [2.05, 4.69) is 20.5 Å². The van der Waals surface area contributed by atoms with E-state index in [-0.39, 0.29) is 11.6 Å². The molecule has 3 rings (SSSR count). The highest BCUT2D eigenvalue weighted by molar-refractivity contribution is 7.89. The molecule has 8 heteroatoms. The number of nitrogens with one attached hydrogen (secondary N) is 2. The topological polar surface area (TPSA) is 73.8 Å². The van der Waals surface area contributed by atoms with Crippen LogP contribution >= 0.6 is 0 Å². The number of hydrogen-bond acceptors (Lipinski definition) is 4. The summed E-state index contributed by atoms with van der Waals surface area (Å²) < 4.78 is 36.8. The fraction of sp³-hybridized carbons (Fsp3) is 0.632. The van der Waals surface area contributed by atoms with Gasteiger partial charge in [0, 0.05) is 39.0 Å².